The van der Waals surface area contributed by atoms with E-state index < -0.39 is 0 Å². The molecule has 0 amide bonds. The third-order valence-corrected chi connectivity index (χ3v) is 18.4. The first-order valence-electron chi connectivity index (χ1n) is 27.6. The van der Waals surface area contributed by atoms with Crippen molar-refractivity contribution in [3.8, 4) is 57.1 Å². The van der Waals surface area contributed by atoms with Gasteiger partial charge in [0.05, 0.1) is 66.9 Å². The van der Waals surface area contributed by atoms with E-state index in [1.54, 1.807) is 0 Å². The second-order valence-corrected chi connectivity index (χ2v) is 23.0. The van der Waals surface area contributed by atoms with Crippen LogP contribution in [0.4, 0.5) is 0 Å². The first-order chi connectivity index (χ1) is 39.2. The Hall–Kier alpha value is -10.4. The maximum absolute atomic E-state index is 12.7. The number of aromatic nitrogens is 4. The summed E-state index contributed by atoms with van der Waals surface area (Å²) in [6.07, 6.45) is 0. The number of nitrogens with zero attached hydrogens (tertiary/aromatic N) is 6. The molecule has 0 aliphatic heterocycles. The Bertz CT molecular complexity index is 5070. The van der Waals surface area contributed by atoms with Crippen molar-refractivity contribution in [2.75, 3.05) is 0 Å². The molecule has 4 heterocycles. The van der Waals surface area contributed by atoms with Crippen LogP contribution in [0.15, 0.2) is 218 Å². The Morgan fingerprint density at radius 3 is 0.875 bits per heavy atom. The van der Waals surface area contributed by atoms with Crippen molar-refractivity contribution < 1.29 is 0 Å². The highest BCUT2D eigenvalue weighted by Crippen LogP contribution is 2.55. The molecule has 6 nitrogen and oxygen atoms in total. The van der Waals surface area contributed by atoms with Gasteiger partial charge >= 0.3 is 0 Å². The van der Waals surface area contributed by atoms with Crippen molar-refractivity contribution in [3.63, 3.8) is 0 Å². The van der Waals surface area contributed by atoms with Crippen LogP contribution in [0.25, 0.3) is 132 Å². The number of rotatable bonds is 4. The molecule has 0 radical (unpaired) electrons. The third-order valence-electron chi connectivity index (χ3n) is 18.4. The molecule has 15 aromatic rings. The summed E-state index contributed by atoms with van der Waals surface area (Å²) in [5.74, 6) is 0. The molecular weight excluding hydrogens is 973 g/mol. The molecule has 0 N–H and O–H groups in total. The van der Waals surface area contributed by atoms with Crippen molar-refractivity contribution in [2.45, 2.75) is 38.5 Å². The van der Waals surface area contributed by atoms with Crippen LogP contribution in [0.2, 0.25) is 0 Å². The lowest BCUT2D eigenvalue weighted by molar-refractivity contribution is 0.661. The molecule has 0 fully saturated rings. The molecule has 374 valence electrons. The molecule has 11 aromatic carbocycles. The average Bonchev–Trinajstić information content (AvgIpc) is 4.43. The summed E-state index contributed by atoms with van der Waals surface area (Å²) < 4.78 is 9.35. The van der Waals surface area contributed by atoms with Gasteiger partial charge in [-0.3, -0.25) is 0 Å². The molecule has 0 saturated carbocycles. The first kappa shape index (κ1) is 44.7. The zero-order valence-electron chi connectivity index (χ0n) is 44.5. The number of hydrogen-bond acceptors (Lipinski definition) is 2. The van der Waals surface area contributed by atoms with Crippen molar-refractivity contribution in [1.29, 1.82) is 10.5 Å². The van der Waals surface area contributed by atoms with E-state index in [0.29, 0.717) is 28.2 Å². The van der Waals surface area contributed by atoms with Gasteiger partial charge in [0.15, 0.2) is 0 Å². The molecular formula is C74H48N6. The Morgan fingerprint density at radius 1 is 0.263 bits per heavy atom. The Balaban J connectivity index is 1.17. The lowest BCUT2D eigenvalue weighted by Crippen LogP contribution is -2.18. The molecule has 17 rings (SSSR count). The summed E-state index contributed by atoms with van der Waals surface area (Å²) in [4.78, 5) is 0. The molecule has 4 aromatic heterocycles. The van der Waals surface area contributed by atoms with E-state index in [-0.39, 0.29) is 10.8 Å². The standard InChI is InChI=1S/C74H48N6/c1-73(2)57-29-13-5-21-43(57)51-37-53-49-27-11-19-35-65(49)79(67(53)39-59(51)73)70-55(41-75)69(77-61-31-15-7-23-45(61)46-24-8-16-32-62(46)77)56(42-76)71(72(70)78-63-33-17-9-25-47(63)48-26-10-18-34-64(48)78)80-66-36-20-12-28-50(66)54-38-52-44-22-6-14-30-58(44)74(3,4)60(52)40-68(54)80/h5-40H,1-4H3. The minimum atomic E-state index is -0.324. The van der Waals surface area contributed by atoms with E-state index in [4.69, 9.17) is 0 Å². The second kappa shape index (κ2) is 15.6. The fourth-order valence-corrected chi connectivity index (χ4v) is 14.9. The maximum atomic E-state index is 12.7. The fraction of sp³-hybridized carbons (Fsp3) is 0.0811. The van der Waals surface area contributed by atoms with Gasteiger partial charge in [0, 0.05) is 53.9 Å². The topological polar surface area (TPSA) is 67.3 Å². The minimum Gasteiger partial charge on any atom is -0.306 e. The van der Waals surface area contributed by atoms with Crippen LogP contribution in [0.5, 0.6) is 0 Å². The SMILES string of the molecule is CC1(C)c2ccccc2-c2cc3c4ccccc4n(-c4c(C#N)c(-n5c6ccccc6c6ccccc65)c(C#N)c(-n5c6ccccc6c6cc7c(cc65)C(C)(C)c5ccccc5-7)c4-n4c5ccccc5c5ccccc54)c3cc21. The van der Waals surface area contributed by atoms with Gasteiger partial charge in [0.1, 0.15) is 23.3 Å². The summed E-state index contributed by atoms with van der Waals surface area (Å²) in [5, 5.41) is 34.0. The lowest BCUT2D eigenvalue weighted by atomic mass is 9.82. The first-order valence-corrected chi connectivity index (χ1v) is 27.6. The van der Waals surface area contributed by atoms with E-state index in [1.807, 2.05) is 0 Å². The lowest BCUT2D eigenvalue weighted by Gasteiger charge is -2.27. The molecule has 0 atom stereocenters. The van der Waals surface area contributed by atoms with Crippen LogP contribution in [0.3, 0.4) is 0 Å². The van der Waals surface area contributed by atoms with E-state index in [2.05, 4.69) is 276 Å². The van der Waals surface area contributed by atoms with Gasteiger partial charge in [-0.25, -0.2) is 0 Å². The maximum Gasteiger partial charge on any atom is 0.104 e. The minimum absolute atomic E-state index is 0.324. The van der Waals surface area contributed by atoms with Crippen molar-refractivity contribution >= 4 is 87.2 Å². The zero-order chi connectivity index (χ0) is 53.5. The molecule has 80 heavy (non-hydrogen) atoms. The quantitative estimate of drug-likeness (QED) is 0.176. The van der Waals surface area contributed by atoms with E-state index in [9.17, 15) is 10.5 Å². The molecule has 0 unspecified atom stereocenters. The van der Waals surface area contributed by atoms with E-state index in [0.717, 1.165) is 92.9 Å². The highest BCUT2D eigenvalue weighted by atomic mass is 15.1. The Kier molecular flexibility index (Phi) is 8.74. The van der Waals surface area contributed by atoms with Gasteiger partial charge < -0.3 is 18.3 Å². The van der Waals surface area contributed by atoms with Crippen molar-refractivity contribution in [1.82, 2.24) is 18.3 Å². The highest BCUT2D eigenvalue weighted by Gasteiger charge is 2.40. The van der Waals surface area contributed by atoms with Crippen LogP contribution in [-0.4, -0.2) is 18.3 Å². The molecule has 0 saturated heterocycles. The summed E-state index contributed by atoms with van der Waals surface area (Å²) in [7, 11) is 0. The van der Waals surface area contributed by atoms with Gasteiger partial charge in [0.25, 0.3) is 0 Å². The number of fused-ring (bicyclic) bond motifs is 18. The smallest absolute Gasteiger partial charge is 0.104 e. The Morgan fingerprint density at radius 2 is 0.537 bits per heavy atom. The van der Waals surface area contributed by atoms with Crippen LogP contribution in [0, 0.1) is 22.7 Å². The Labute approximate surface area is 461 Å². The fourth-order valence-electron chi connectivity index (χ4n) is 14.9. The zero-order valence-corrected chi connectivity index (χ0v) is 44.5. The normalized spacial score (nSPS) is 13.9. The van der Waals surface area contributed by atoms with Gasteiger partial charge in [0.2, 0.25) is 0 Å². The van der Waals surface area contributed by atoms with E-state index >= 15 is 0 Å². The monoisotopic (exact) mass is 1020 g/mol. The van der Waals surface area contributed by atoms with E-state index in [1.165, 1.54) is 44.5 Å². The van der Waals surface area contributed by atoms with Crippen molar-refractivity contribution in [2.24, 2.45) is 0 Å². The van der Waals surface area contributed by atoms with Crippen LogP contribution < -0.4 is 0 Å². The summed E-state index contributed by atoms with van der Waals surface area (Å²) in [5.41, 5.74) is 20.3. The van der Waals surface area contributed by atoms with Gasteiger partial charge in [-0.1, -0.05) is 185 Å². The van der Waals surface area contributed by atoms with Crippen LogP contribution >= 0.6 is 0 Å². The van der Waals surface area contributed by atoms with Gasteiger partial charge in [-0.15, -0.1) is 0 Å². The predicted molar refractivity (Wildman–Crippen MR) is 328 cm³/mol. The average molecular weight is 1020 g/mol. The molecule has 2 aliphatic carbocycles. The summed E-state index contributed by atoms with van der Waals surface area (Å²) in [6.45, 7) is 9.33. The number of benzene rings is 11. The highest BCUT2D eigenvalue weighted by molar-refractivity contribution is 6.17. The third kappa shape index (κ3) is 5.49. The number of nitriles is 2. The largest absolute Gasteiger partial charge is 0.306 e. The number of hydrogen-bond donors (Lipinski definition) is 0. The molecule has 0 spiro atoms. The second-order valence-electron chi connectivity index (χ2n) is 23.0. The van der Waals surface area contributed by atoms with Crippen LogP contribution in [-0.2, 0) is 10.8 Å². The predicted octanol–water partition coefficient (Wildman–Crippen LogP) is 18.4. The number of para-hydroxylation sites is 6. The van der Waals surface area contributed by atoms with Gasteiger partial charge in [-0.2, -0.15) is 10.5 Å². The molecule has 0 bridgehead atoms. The van der Waals surface area contributed by atoms with Crippen LogP contribution in [0.1, 0.15) is 61.1 Å². The van der Waals surface area contributed by atoms with Crippen molar-refractivity contribution in [3.05, 3.63) is 252 Å². The molecule has 2 aliphatic rings. The summed E-state index contributed by atoms with van der Waals surface area (Å²) in [6, 6.07) is 84.5. The summed E-state index contributed by atoms with van der Waals surface area (Å²) >= 11 is 0. The van der Waals surface area contributed by atoms with Gasteiger partial charge in [-0.05, 0) is 105 Å². The molecule has 6 heteroatoms.